The predicted octanol–water partition coefficient (Wildman–Crippen LogP) is 6.27. The Kier molecular flexibility index (Phi) is 5.19. The molecule has 0 fully saturated rings. The van der Waals surface area contributed by atoms with Crippen LogP contribution in [0.3, 0.4) is 0 Å². The minimum atomic E-state index is -0.230. The molecule has 0 amide bonds. The van der Waals surface area contributed by atoms with E-state index < -0.39 is 0 Å². The van der Waals surface area contributed by atoms with Crippen molar-refractivity contribution < 1.29 is 4.74 Å². The molecule has 3 rings (SSSR count). The smallest absolute Gasteiger partial charge is 0.208 e. The lowest BCUT2D eigenvalue weighted by Crippen LogP contribution is -2.24. The van der Waals surface area contributed by atoms with Crippen LogP contribution in [-0.4, -0.2) is 5.60 Å². The van der Waals surface area contributed by atoms with E-state index in [4.69, 9.17) is 4.74 Å². The Morgan fingerprint density at radius 3 is 1.72 bits per heavy atom. The number of rotatable bonds is 4. The Bertz CT molecular complexity index is 780. The first-order valence-electron chi connectivity index (χ1n) is 8.58. The predicted molar refractivity (Wildman–Crippen MR) is 107 cm³/mol. The lowest BCUT2D eigenvalue weighted by atomic mass is 10.2. The van der Waals surface area contributed by atoms with Gasteiger partial charge in [-0.2, -0.15) is 0 Å². The third-order valence-corrected chi connectivity index (χ3v) is 5.94. The van der Waals surface area contributed by atoms with Crippen LogP contribution < -0.4 is 4.74 Å². The van der Waals surface area contributed by atoms with E-state index in [2.05, 4.69) is 107 Å². The number of ether oxygens (including phenoxy) is 1. The molecule has 0 saturated heterocycles. The van der Waals surface area contributed by atoms with E-state index in [0.717, 1.165) is 5.75 Å². The van der Waals surface area contributed by atoms with Crippen molar-refractivity contribution in [2.75, 3.05) is 0 Å². The average molecular weight is 350 g/mol. The first kappa shape index (κ1) is 17.6. The van der Waals surface area contributed by atoms with Gasteiger partial charge in [0.2, 0.25) is 4.90 Å². The molecule has 128 valence electrons. The fourth-order valence-corrected chi connectivity index (χ4v) is 4.95. The summed E-state index contributed by atoms with van der Waals surface area (Å²) < 4.78 is 6.32. The van der Waals surface area contributed by atoms with Crippen LogP contribution in [0.2, 0.25) is 0 Å². The highest BCUT2D eigenvalue weighted by atomic mass is 32.2. The third kappa shape index (κ3) is 4.46. The highest BCUT2D eigenvalue weighted by Gasteiger charge is 2.33. The van der Waals surface area contributed by atoms with E-state index in [1.807, 2.05) is 0 Å². The van der Waals surface area contributed by atoms with Gasteiger partial charge in [0.1, 0.15) is 16.5 Å². The fourth-order valence-electron chi connectivity index (χ4n) is 2.69. The van der Waals surface area contributed by atoms with Crippen molar-refractivity contribution in [3.63, 3.8) is 0 Å². The van der Waals surface area contributed by atoms with E-state index in [0.29, 0.717) is 0 Å². The van der Waals surface area contributed by atoms with Crippen LogP contribution >= 0.6 is 0 Å². The second kappa shape index (κ2) is 7.37. The molecule has 0 aliphatic rings. The van der Waals surface area contributed by atoms with Gasteiger partial charge in [-0.15, -0.1) is 0 Å². The fraction of sp³-hybridized carbons (Fsp3) is 0.217. The average Bonchev–Trinajstić information content (AvgIpc) is 2.58. The van der Waals surface area contributed by atoms with Gasteiger partial charge in [-0.3, -0.25) is 0 Å². The van der Waals surface area contributed by atoms with Crippen LogP contribution in [0.5, 0.6) is 5.75 Å². The van der Waals surface area contributed by atoms with Crippen molar-refractivity contribution in [2.24, 2.45) is 0 Å². The van der Waals surface area contributed by atoms with Crippen molar-refractivity contribution in [1.29, 1.82) is 0 Å². The third-order valence-electron chi connectivity index (χ3n) is 3.69. The van der Waals surface area contributed by atoms with Gasteiger partial charge in [0.25, 0.3) is 0 Å². The highest BCUT2D eigenvalue weighted by molar-refractivity contribution is 7.97. The van der Waals surface area contributed by atoms with Gasteiger partial charge in [0.05, 0.1) is 0 Å². The summed E-state index contributed by atoms with van der Waals surface area (Å²) in [7, 11) is -0.196. The van der Waals surface area contributed by atoms with Crippen molar-refractivity contribution >= 4 is 10.9 Å². The second-order valence-corrected chi connectivity index (χ2v) is 9.09. The second-order valence-electron chi connectivity index (χ2n) is 7.10. The molecule has 3 aromatic carbocycles. The summed E-state index contributed by atoms with van der Waals surface area (Å²) in [5, 5.41) is 0. The van der Waals surface area contributed by atoms with E-state index in [1.54, 1.807) is 0 Å². The summed E-state index contributed by atoms with van der Waals surface area (Å²) in [6.45, 7) is 8.43. The van der Waals surface area contributed by atoms with Gasteiger partial charge in [-0.25, -0.2) is 0 Å². The Labute approximate surface area is 154 Å². The molecule has 0 aromatic heterocycles. The molecule has 1 nitrogen and oxygen atoms in total. The standard InChI is InChI=1S/C23H25OS/c1-18-15-16-21(24-23(2,3)4)22(17-18)25(19-11-7-5-8-12-19)20-13-9-6-10-14-20/h5-17H,1-4H3/q+1. The molecule has 0 N–H and O–H groups in total. The summed E-state index contributed by atoms with van der Waals surface area (Å²) in [4.78, 5) is 3.85. The number of benzene rings is 3. The van der Waals surface area contributed by atoms with Crippen LogP contribution in [0, 0.1) is 6.92 Å². The maximum atomic E-state index is 6.32. The van der Waals surface area contributed by atoms with Crippen molar-refractivity contribution in [3.8, 4) is 5.75 Å². The molecule has 0 aliphatic heterocycles. The summed E-state index contributed by atoms with van der Waals surface area (Å²) in [6.07, 6.45) is 0. The van der Waals surface area contributed by atoms with Crippen LogP contribution in [-0.2, 0) is 10.9 Å². The normalized spacial score (nSPS) is 11.6. The molecule has 0 heterocycles. The van der Waals surface area contributed by atoms with Crippen LogP contribution in [0.4, 0.5) is 0 Å². The van der Waals surface area contributed by atoms with Gasteiger partial charge in [0, 0.05) is 6.07 Å². The summed E-state index contributed by atoms with van der Waals surface area (Å²) in [6, 6.07) is 27.9. The lowest BCUT2D eigenvalue weighted by Gasteiger charge is -2.23. The van der Waals surface area contributed by atoms with E-state index in [-0.39, 0.29) is 16.5 Å². The monoisotopic (exact) mass is 349 g/mol. The first-order valence-corrected chi connectivity index (χ1v) is 9.80. The molecule has 0 saturated carbocycles. The zero-order valence-corrected chi connectivity index (χ0v) is 16.1. The Morgan fingerprint density at radius 1 is 0.720 bits per heavy atom. The zero-order chi connectivity index (χ0) is 17.9. The minimum absolute atomic E-state index is 0.196. The molecular formula is C23H25OS+. The first-order chi connectivity index (χ1) is 11.9. The van der Waals surface area contributed by atoms with E-state index in [9.17, 15) is 0 Å². The summed E-state index contributed by atoms with van der Waals surface area (Å²) >= 11 is 0. The number of hydrogen-bond donors (Lipinski definition) is 0. The van der Waals surface area contributed by atoms with Gasteiger partial charge < -0.3 is 4.74 Å². The van der Waals surface area contributed by atoms with Gasteiger partial charge in [-0.05, 0) is 63.6 Å². The minimum Gasteiger partial charge on any atom is -0.483 e. The molecule has 0 unspecified atom stereocenters. The van der Waals surface area contributed by atoms with Gasteiger partial charge in [-0.1, -0.05) is 42.5 Å². The summed E-state index contributed by atoms with van der Waals surface area (Å²) in [5.74, 6) is 0.967. The molecule has 0 spiro atoms. The van der Waals surface area contributed by atoms with Crippen molar-refractivity contribution in [3.05, 3.63) is 84.4 Å². The highest BCUT2D eigenvalue weighted by Crippen LogP contribution is 2.38. The molecule has 2 heteroatoms. The molecule has 3 aromatic rings. The van der Waals surface area contributed by atoms with E-state index in [1.165, 1.54) is 20.2 Å². The van der Waals surface area contributed by atoms with Crippen molar-refractivity contribution in [2.45, 2.75) is 48.0 Å². The van der Waals surface area contributed by atoms with E-state index >= 15 is 0 Å². The zero-order valence-electron chi connectivity index (χ0n) is 15.3. The van der Waals surface area contributed by atoms with Crippen molar-refractivity contribution in [1.82, 2.24) is 0 Å². The number of hydrogen-bond acceptors (Lipinski definition) is 1. The van der Waals surface area contributed by atoms with Gasteiger partial charge in [0.15, 0.2) is 15.5 Å². The lowest BCUT2D eigenvalue weighted by molar-refractivity contribution is 0.126. The Morgan fingerprint density at radius 2 is 1.24 bits per heavy atom. The SMILES string of the molecule is Cc1ccc(OC(C)(C)C)c([S+](c2ccccc2)c2ccccc2)c1. The van der Waals surface area contributed by atoms with Crippen LogP contribution in [0.15, 0.2) is 93.5 Å². The summed E-state index contributed by atoms with van der Waals surface area (Å²) in [5.41, 5.74) is 1.02. The molecule has 0 atom stereocenters. The number of aryl methyl sites for hydroxylation is 1. The molecule has 0 radical (unpaired) electrons. The molecular weight excluding hydrogens is 324 g/mol. The van der Waals surface area contributed by atoms with Crippen LogP contribution in [0.25, 0.3) is 0 Å². The Hall–Kier alpha value is -2.19. The molecule has 0 bridgehead atoms. The maximum absolute atomic E-state index is 6.32. The quantitative estimate of drug-likeness (QED) is 0.505. The topological polar surface area (TPSA) is 9.23 Å². The largest absolute Gasteiger partial charge is 0.483 e. The molecule has 0 aliphatic carbocycles. The molecule has 25 heavy (non-hydrogen) atoms. The van der Waals surface area contributed by atoms with Crippen LogP contribution in [0.1, 0.15) is 26.3 Å². The Balaban J connectivity index is 2.19. The van der Waals surface area contributed by atoms with Gasteiger partial charge >= 0.3 is 0 Å². The maximum Gasteiger partial charge on any atom is 0.208 e.